The molecule has 0 spiro atoms. The molecule has 1 unspecified atom stereocenters. The molecule has 6 heteroatoms. The minimum Gasteiger partial charge on any atom is -0.481 e. The van der Waals surface area contributed by atoms with Gasteiger partial charge < -0.3 is 15.2 Å². The summed E-state index contributed by atoms with van der Waals surface area (Å²) in [7, 11) is 1.59. The molecule has 2 rings (SSSR count). The fourth-order valence-corrected chi connectivity index (χ4v) is 2.88. The Bertz CT molecular complexity index is 730. The van der Waals surface area contributed by atoms with Crippen molar-refractivity contribution in [2.45, 2.75) is 24.0 Å². The van der Waals surface area contributed by atoms with Crippen molar-refractivity contribution in [2.24, 2.45) is 0 Å². The van der Waals surface area contributed by atoms with Crippen molar-refractivity contribution in [1.29, 1.82) is 0 Å². The Hall–Kier alpha value is -2.31. The third-order valence-corrected chi connectivity index (χ3v) is 4.45. The lowest BCUT2D eigenvalue weighted by Crippen LogP contribution is -2.30. The Morgan fingerprint density at radius 3 is 2.52 bits per heavy atom. The van der Waals surface area contributed by atoms with Crippen molar-refractivity contribution >= 4 is 23.6 Å². The minimum absolute atomic E-state index is 0.178. The van der Waals surface area contributed by atoms with Gasteiger partial charge in [-0.3, -0.25) is 9.59 Å². The first kappa shape index (κ1) is 19.0. The number of hydrogen-bond acceptors (Lipinski definition) is 4. The van der Waals surface area contributed by atoms with Gasteiger partial charge in [-0.2, -0.15) is 0 Å². The Morgan fingerprint density at radius 1 is 1.20 bits per heavy atom. The normalized spacial score (nSPS) is 11.8. The summed E-state index contributed by atoms with van der Waals surface area (Å²) in [6.07, 6.45) is 1.79. The maximum Gasteiger partial charge on any atom is 0.305 e. The highest BCUT2D eigenvalue weighted by Gasteiger charge is 2.19. The number of rotatable bonds is 8. The molecular formula is C19H21NO4S. The largest absolute Gasteiger partial charge is 0.481 e. The smallest absolute Gasteiger partial charge is 0.305 e. The van der Waals surface area contributed by atoms with E-state index in [2.05, 4.69) is 5.32 Å². The number of hydrogen-bond donors (Lipinski definition) is 2. The molecule has 0 saturated heterocycles. The van der Waals surface area contributed by atoms with E-state index >= 15 is 0 Å². The minimum atomic E-state index is -0.965. The average Bonchev–Trinajstić information content (AvgIpc) is 2.61. The van der Waals surface area contributed by atoms with Crippen molar-refractivity contribution < 1.29 is 19.4 Å². The number of carbonyl (C=O) groups excluding carboxylic acids is 1. The third kappa shape index (κ3) is 5.62. The van der Waals surface area contributed by atoms with E-state index in [0.29, 0.717) is 12.2 Å². The second-order valence-corrected chi connectivity index (χ2v) is 6.41. The van der Waals surface area contributed by atoms with Crippen LogP contribution in [0.3, 0.4) is 0 Å². The van der Waals surface area contributed by atoms with Gasteiger partial charge in [0.2, 0.25) is 0 Å². The standard InChI is InChI=1S/C19H21NO4S/c1-24-12-13-4-3-5-15(10-13)19(23)20-17(11-18(21)22)14-6-8-16(25-2)9-7-14/h3-10,17H,11-12H2,1-2H3,(H,20,23)(H,21,22). The zero-order valence-corrected chi connectivity index (χ0v) is 15.0. The summed E-state index contributed by atoms with van der Waals surface area (Å²) < 4.78 is 5.08. The average molecular weight is 359 g/mol. The van der Waals surface area contributed by atoms with Crippen molar-refractivity contribution in [3.63, 3.8) is 0 Å². The van der Waals surface area contributed by atoms with Crippen LogP contribution in [0.4, 0.5) is 0 Å². The molecule has 0 aliphatic heterocycles. The van der Waals surface area contributed by atoms with E-state index in [-0.39, 0.29) is 12.3 Å². The van der Waals surface area contributed by atoms with Gasteiger partial charge in [0.1, 0.15) is 0 Å². The van der Waals surface area contributed by atoms with Crippen LogP contribution in [0.2, 0.25) is 0 Å². The monoisotopic (exact) mass is 359 g/mol. The molecule has 0 saturated carbocycles. The summed E-state index contributed by atoms with van der Waals surface area (Å²) in [4.78, 5) is 24.8. The summed E-state index contributed by atoms with van der Waals surface area (Å²) in [5, 5.41) is 12.0. The first-order chi connectivity index (χ1) is 12.0. The number of methoxy groups -OCH3 is 1. The van der Waals surface area contributed by atoms with E-state index in [4.69, 9.17) is 4.74 Å². The molecule has 2 N–H and O–H groups in total. The van der Waals surface area contributed by atoms with Crippen molar-refractivity contribution in [1.82, 2.24) is 5.32 Å². The molecule has 2 aromatic rings. The van der Waals surface area contributed by atoms with Crippen LogP contribution in [-0.4, -0.2) is 30.3 Å². The number of ether oxygens (including phenoxy) is 1. The highest BCUT2D eigenvalue weighted by Crippen LogP contribution is 2.22. The fourth-order valence-electron chi connectivity index (χ4n) is 2.47. The Labute approximate surface area is 151 Å². The number of carboxylic acids is 1. The van der Waals surface area contributed by atoms with E-state index in [1.165, 1.54) is 0 Å². The first-order valence-corrected chi connectivity index (χ1v) is 9.00. The van der Waals surface area contributed by atoms with Crippen LogP contribution in [0, 0.1) is 0 Å². The van der Waals surface area contributed by atoms with Gasteiger partial charge in [0.05, 0.1) is 19.1 Å². The SMILES string of the molecule is COCc1cccc(C(=O)NC(CC(=O)O)c2ccc(SC)cc2)c1. The number of amides is 1. The molecule has 2 aromatic carbocycles. The van der Waals surface area contributed by atoms with Gasteiger partial charge in [-0.15, -0.1) is 11.8 Å². The molecule has 0 fully saturated rings. The molecule has 0 bridgehead atoms. The van der Waals surface area contributed by atoms with Crippen LogP contribution in [0.5, 0.6) is 0 Å². The Kier molecular flexibility index (Phi) is 7.03. The summed E-state index contributed by atoms with van der Waals surface area (Å²) in [6.45, 7) is 0.413. The lowest BCUT2D eigenvalue weighted by molar-refractivity contribution is -0.137. The summed E-state index contributed by atoms with van der Waals surface area (Å²) in [5.41, 5.74) is 2.13. The zero-order valence-electron chi connectivity index (χ0n) is 14.2. The highest BCUT2D eigenvalue weighted by molar-refractivity contribution is 7.98. The summed E-state index contributed by atoms with van der Waals surface area (Å²) in [5.74, 6) is -1.27. The highest BCUT2D eigenvalue weighted by atomic mass is 32.2. The molecule has 0 aliphatic carbocycles. The maximum absolute atomic E-state index is 12.5. The topological polar surface area (TPSA) is 75.6 Å². The van der Waals surface area contributed by atoms with Crippen LogP contribution in [0.15, 0.2) is 53.4 Å². The van der Waals surface area contributed by atoms with E-state index < -0.39 is 12.0 Å². The molecule has 1 atom stereocenters. The fraction of sp³-hybridized carbons (Fsp3) is 0.263. The second kappa shape index (κ2) is 9.25. The maximum atomic E-state index is 12.5. The molecular weight excluding hydrogens is 338 g/mol. The van der Waals surface area contributed by atoms with E-state index in [1.807, 2.05) is 36.6 Å². The number of carbonyl (C=O) groups is 2. The van der Waals surface area contributed by atoms with E-state index in [9.17, 15) is 14.7 Å². The molecule has 0 heterocycles. The van der Waals surface area contributed by atoms with Crippen LogP contribution in [0.25, 0.3) is 0 Å². The van der Waals surface area contributed by atoms with Gasteiger partial charge in [-0.05, 0) is 41.6 Å². The zero-order chi connectivity index (χ0) is 18.2. The molecule has 0 aliphatic rings. The number of benzene rings is 2. The molecule has 25 heavy (non-hydrogen) atoms. The number of carboxylic acid groups (broad SMARTS) is 1. The Morgan fingerprint density at radius 2 is 1.92 bits per heavy atom. The predicted octanol–water partition coefficient (Wildman–Crippen LogP) is 3.50. The Balaban J connectivity index is 2.19. The van der Waals surface area contributed by atoms with E-state index in [0.717, 1.165) is 16.0 Å². The van der Waals surface area contributed by atoms with Crippen molar-refractivity contribution in [3.05, 3.63) is 65.2 Å². The van der Waals surface area contributed by atoms with Crippen LogP contribution < -0.4 is 5.32 Å². The molecule has 0 radical (unpaired) electrons. The van der Waals surface area contributed by atoms with Gasteiger partial charge in [-0.25, -0.2) is 0 Å². The van der Waals surface area contributed by atoms with Gasteiger partial charge in [0, 0.05) is 17.6 Å². The third-order valence-electron chi connectivity index (χ3n) is 3.70. The molecule has 5 nitrogen and oxygen atoms in total. The van der Waals surface area contributed by atoms with Gasteiger partial charge in [0.25, 0.3) is 5.91 Å². The summed E-state index contributed by atoms with van der Waals surface area (Å²) in [6, 6.07) is 14.0. The molecule has 1 amide bonds. The van der Waals surface area contributed by atoms with Crippen LogP contribution in [0.1, 0.15) is 33.9 Å². The number of nitrogens with one attached hydrogen (secondary N) is 1. The van der Waals surface area contributed by atoms with Crippen LogP contribution >= 0.6 is 11.8 Å². The number of aliphatic carboxylic acids is 1. The van der Waals surface area contributed by atoms with Gasteiger partial charge >= 0.3 is 5.97 Å². The lowest BCUT2D eigenvalue weighted by atomic mass is 10.0. The lowest BCUT2D eigenvalue weighted by Gasteiger charge is -2.18. The molecule has 132 valence electrons. The van der Waals surface area contributed by atoms with Gasteiger partial charge in [0.15, 0.2) is 0 Å². The van der Waals surface area contributed by atoms with Crippen LogP contribution in [-0.2, 0) is 16.1 Å². The van der Waals surface area contributed by atoms with Crippen molar-refractivity contribution in [3.8, 4) is 0 Å². The quantitative estimate of drug-likeness (QED) is 0.706. The first-order valence-electron chi connectivity index (χ1n) is 7.78. The van der Waals surface area contributed by atoms with E-state index in [1.54, 1.807) is 37.1 Å². The summed E-state index contributed by atoms with van der Waals surface area (Å²) >= 11 is 1.60. The second-order valence-electron chi connectivity index (χ2n) is 5.53. The predicted molar refractivity (Wildman–Crippen MR) is 97.8 cm³/mol. The van der Waals surface area contributed by atoms with Crippen molar-refractivity contribution in [2.75, 3.05) is 13.4 Å². The molecule has 0 aromatic heterocycles. The number of thioether (sulfide) groups is 1. The van der Waals surface area contributed by atoms with Gasteiger partial charge in [-0.1, -0.05) is 24.3 Å².